The maximum atomic E-state index is 13.5. The van der Waals surface area contributed by atoms with Crippen molar-refractivity contribution in [2.75, 3.05) is 5.75 Å². The lowest BCUT2D eigenvalue weighted by atomic mass is 10.1. The maximum absolute atomic E-state index is 13.5. The Labute approximate surface area is 139 Å². The molecule has 0 aliphatic heterocycles. The number of carbonyl (C=O) groups is 1. The summed E-state index contributed by atoms with van der Waals surface area (Å²) in [6.07, 6.45) is 0.973. The second-order valence-corrected chi connectivity index (χ2v) is 6.26. The molecule has 1 atom stereocenters. The van der Waals surface area contributed by atoms with E-state index < -0.39 is 11.6 Å². The van der Waals surface area contributed by atoms with Gasteiger partial charge in [-0.3, -0.25) is 4.79 Å². The summed E-state index contributed by atoms with van der Waals surface area (Å²) in [4.78, 5) is 12.2. The Morgan fingerprint density at radius 2 is 1.87 bits per heavy atom. The molecule has 0 aliphatic carbocycles. The van der Waals surface area contributed by atoms with Gasteiger partial charge in [-0.15, -0.1) is 11.8 Å². The smallest absolute Gasteiger partial charge is 0.230 e. The van der Waals surface area contributed by atoms with Gasteiger partial charge < -0.3 is 5.32 Å². The lowest BCUT2D eigenvalue weighted by Gasteiger charge is -2.14. The molecule has 0 bridgehead atoms. The summed E-state index contributed by atoms with van der Waals surface area (Å²) in [5, 5.41) is 2.88. The van der Waals surface area contributed by atoms with E-state index in [1.165, 1.54) is 17.7 Å². The van der Waals surface area contributed by atoms with Crippen LogP contribution in [0, 0.1) is 11.6 Å². The van der Waals surface area contributed by atoms with E-state index >= 15 is 0 Å². The standard InChI is InChI=1S/C18H19F2NOS/c1-3-13-4-6-14(7-5-13)12(2)21-18(22)11-23-17-9-8-15(19)10-16(17)20/h4-10,12H,3,11H2,1-2H3,(H,21,22)/t12-/m0/s1. The van der Waals surface area contributed by atoms with Gasteiger partial charge in [0.25, 0.3) is 0 Å². The van der Waals surface area contributed by atoms with Crippen molar-refractivity contribution in [2.24, 2.45) is 0 Å². The number of hydrogen-bond donors (Lipinski definition) is 1. The average molecular weight is 335 g/mol. The highest BCUT2D eigenvalue weighted by Gasteiger charge is 2.11. The quantitative estimate of drug-likeness (QED) is 0.788. The molecule has 2 aromatic rings. The van der Waals surface area contributed by atoms with Crippen LogP contribution >= 0.6 is 11.8 Å². The Hall–Kier alpha value is -1.88. The number of rotatable bonds is 6. The third-order valence-electron chi connectivity index (χ3n) is 3.52. The molecular formula is C18H19F2NOS. The van der Waals surface area contributed by atoms with E-state index in [1.807, 2.05) is 31.2 Å². The van der Waals surface area contributed by atoms with Crippen molar-refractivity contribution >= 4 is 17.7 Å². The highest BCUT2D eigenvalue weighted by atomic mass is 32.2. The van der Waals surface area contributed by atoms with E-state index in [2.05, 4.69) is 12.2 Å². The fourth-order valence-corrected chi connectivity index (χ4v) is 2.88. The number of aryl methyl sites for hydroxylation is 1. The van der Waals surface area contributed by atoms with Crippen molar-refractivity contribution < 1.29 is 13.6 Å². The van der Waals surface area contributed by atoms with Crippen molar-refractivity contribution in [3.8, 4) is 0 Å². The van der Waals surface area contributed by atoms with Crippen molar-refractivity contribution in [2.45, 2.75) is 31.2 Å². The zero-order chi connectivity index (χ0) is 16.8. The summed E-state index contributed by atoms with van der Waals surface area (Å²) in [6.45, 7) is 3.99. The summed E-state index contributed by atoms with van der Waals surface area (Å²) < 4.78 is 26.3. The maximum Gasteiger partial charge on any atom is 0.230 e. The molecule has 0 radical (unpaired) electrons. The molecule has 1 N–H and O–H groups in total. The van der Waals surface area contributed by atoms with Crippen LogP contribution in [-0.2, 0) is 11.2 Å². The van der Waals surface area contributed by atoms with Gasteiger partial charge in [0.15, 0.2) is 0 Å². The third kappa shape index (κ3) is 5.06. The van der Waals surface area contributed by atoms with Crippen LogP contribution in [0.2, 0.25) is 0 Å². The van der Waals surface area contributed by atoms with Crippen molar-refractivity contribution in [3.63, 3.8) is 0 Å². The van der Waals surface area contributed by atoms with Crippen LogP contribution < -0.4 is 5.32 Å². The number of hydrogen-bond acceptors (Lipinski definition) is 2. The first-order valence-corrected chi connectivity index (χ1v) is 8.44. The number of thioether (sulfide) groups is 1. The number of amides is 1. The molecule has 0 aliphatic rings. The van der Waals surface area contributed by atoms with Crippen LogP contribution in [-0.4, -0.2) is 11.7 Å². The first kappa shape index (κ1) is 17.5. The van der Waals surface area contributed by atoms with Gasteiger partial charge in [-0.05, 0) is 36.6 Å². The highest BCUT2D eigenvalue weighted by Crippen LogP contribution is 2.22. The molecule has 23 heavy (non-hydrogen) atoms. The van der Waals surface area contributed by atoms with Crippen LogP contribution in [0.1, 0.15) is 31.0 Å². The highest BCUT2D eigenvalue weighted by molar-refractivity contribution is 8.00. The fraction of sp³-hybridized carbons (Fsp3) is 0.278. The van der Waals surface area contributed by atoms with Crippen LogP contribution in [0.5, 0.6) is 0 Å². The number of benzene rings is 2. The van der Waals surface area contributed by atoms with Gasteiger partial charge in [0.1, 0.15) is 11.6 Å². The van der Waals surface area contributed by atoms with E-state index in [0.717, 1.165) is 29.8 Å². The summed E-state index contributed by atoms with van der Waals surface area (Å²) in [5.74, 6) is -1.38. The van der Waals surface area contributed by atoms with Gasteiger partial charge in [-0.25, -0.2) is 8.78 Å². The predicted octanol–water partition coefficient (Wildman–Crippen LogP) is 4.50. The topological polar surface area (TPSA) is 29.1 Å². The van der Waals surface area contributed by atoms with Gasteiger partial charge >= 0.3 is 0 Å². The Morgan fingerprint density at radius 1 is 1.17 bits per heavy atom. The number of nitrogens with one attached hydrogen (secondary N) is 1. The van der Waals surface area contributed by atoms with E-state index in [1.54, 1.807) is 0 Å². The summed E-state index contributed by atoms with van der Waals surface area (Å²) in [5.41, 5.74) is 2.27. The Balaban J connectivity index is 1.88. The minimum atomic E-state index is -0.647. The zero-order valence-corrected chi connectivity index (χ0v) is 13.9. The fourth-order valence-electron chi connectivity index (χ4n) is 2.14. The van der Waals surface area contributed by atoms with Crippen LogP contribution in [0.3, 0.4) is 0 Å². The first-order valence-electron chi connectivity index (χ1n) is 7.45. The molecule has 1 amide bonds. The molecule has 5 heteroatoms. The first-order chi connectivity index (χ1) is 11.0. The molecule has 0 saturated heterocycles. The minimum Gasteiger partial charge on any atom is -0.349 e. The minimum absolute atomic E-state index is 0.0833. The Bertz CT molecular complexity index is 673. The normalized spacial score (nSPS) is 12.0. The summed E-state index contributed by atoms with van der Waals surface area (Å²) in [7, 11) is 0. The van der Waals surface area contributed by atoms with Crippen LogP contribution in [0.15, 0.2) is 47.4 Å². The van der Waals surface area contributed by atoms with E-state index in [9.17, 15) is 13.6 Å². The lowest BCUT2D eigenvalue weighted by Crippen LogP contribution is -2.28. The SMILES string of the molecule is CCc1ccc([C@H](C)NC(=O)CSc2ccc(F)cc2F)cc1. The average Bonchev–Trinajstić information content (AvgIpc) is 2.54. The second-order valence-electron chi connectivity index (χ2n) is 5.25. The number of halogens is 2. The summed E-state index contributed by atoms with van der Waals surface area (Å²) >= 11 is 1.05. The van der Waals surface area contributed by atoms with E-state index in [-0.39, 0.29) is 22.6 Å². The molecule has 0 unspecified atom stereocenters. The van der Waals surface area contributed by atoms with Crippen LogP contribution in [0.25, 0.3) is 0 Å². The van der Waals surface area contributed by atoms with Gasteiger partial charge in [-0.2, -0.15) is 0 Å². The van der Waals surface area contributed by atoms with E-state index in [4.69, 9.17) is 0 Å². The molecule has 0 heterocycles. The molecule has 2 nitrogen and oxygen atoms in total. The van der Waals surface area contributed by atoms with Gasteiger partial charge in [0.05, 0.1) is 11.8 Å². The molecular weight excluding hydrogens is 316 g/mol. The monoisotopic (exact) mass is 335 g/mol. The Morgan fingerprint density at radius 3 is 2.48 bits per heavy atom. The molecule has 0 spiro atoms. The van der Waals surface area contributed by atoms with Gasteiger partial charge in [0.2, 0.25) is 5.91 Å². The third-order valence-corrected chi connectivity index (χ3v) is 4.57. The van der Waals surface area contributed by atoms with Crippen LogP contribution in [0.4, 0.5) is 8.78 Å². The molecule has 0 fully saturated rings. The summed E-state index contributed by atoms with van der Waals surface area (Å²) in [6, 6.07) is 11.3. The van der Waals surface area contributed by atoms with E-state index in [0.29, 0.717) is 0 Å². The molecule has 2 aromatic carbocycles. The molecule has 122 valence electrons. The van der Waals surface area contributed by atoms with Gasteiger partial charge in [-0.1, -0.05) is 31.2 Å². The number of carbonyl (C=O) groups excluding carboxylic acids is 1. The van der Waals surface area contributed by atoms with Gasteiger partial charge in [0, 0.05) is 11.0 Å². The lowest BCUT2D eigenvalue weighted by molar-refractivity contribution is -0.119. The van der Waals surface area contributed by atoms with Crippen molar-refractivity contribution in [1.29, 1.82) is 0 Å². The molecule has 2 rings (SSSR count). The molecule has 0 saturated carbocycles. The zero-order valence-electron chi connectivity index (χ0n) is 13.1. The molecule has 0 aromatic heterocycles. The van der Waals surface area contributed by atoms with Crippen molar-refractivity contribution in [3.05, 3.63) is 65.2 Å². The predicted molar refractivity (Wildman–Crippen MR) is 89.5 cm³/mol. The largest absolute Gasteiger partial charge is 0.349 e. The Kier molecular flexibility index (Phi) is 6.16. The second kappa shape index (κ2) is 8.11. The van der Waals surface area contributed by atoms with Crippen molar-refractivity contribution in [1.82, 2.24) is 5.32 Å².